The molecule has 1 atom stereocenters. The van der Waals surface area contributed by atoms with E-state index in [1.807, 2.05) is 10.6 Å². The number of hydrogen-bond donors (Lipinski definition) is 0. The lowest BCUT2D eigenvalue weighted by Crippen LogP contribution is -2.23. The van der Waals surface area contributed by atoms with Gasteiger partial charge in [-0.3, -0.25) is 9.36 Å². The van der Waals surface area contributed by atoms with Crippen LogP contribution in [0.4, 0.5) is 0 Å². The molecule has 4 rings (SSSR count). The number of ether oxygens (including phenoxy) is 2. The molecule has 1 aliphatic carbocycles. The van der Waals surface area contributed by atoms with Crippen LogP contribution in [-0.4, -0.2) is 22.3 Å². The van der Waals surface area contributed by atoms with Crippen molar-refractivity contribution in [1.82, 2.24) is 9.55 Å². The van der Waals surface area contributed by atoms with Crippen LogP contribution >= 0.6 is 0 Å². The lowest BCUT2D eigenvalue weighted by molar-refractivity contribution is 0.143. The van der Waals surface area contributed by atoms with Crippen molar-refractivity contribution in [3.05, 3.63) is 51.9 Å². The normalized spacial score (nSPS) is 20.7. The minimum atomic E-state index is -0.279. The molecular weight excluding hydrogens is 292 g/mol. The van der Waals surface area contributed by atoms with Gasteiger partial charge in [0.2, 0.25) is 0 Å². The molecule has 0 fully saturated rings. The third-order valence-corrected chi connectivity index (χ3v) is 4.78. The Morgan fingerprint density at radius 1 is 1.39 bits per heavy atom. The number of fused-ring (bicyclic) bond motifs is 2. The second-order valence-electron chi connectivity index (χ2n) is 6.95. The fourth-order valence-corrected chi connectivity index (χ4v) is 3.44. The van der Waals surface area contributed by atoms with Crippen LogP contribution in [0.5, 0.6) is 11.8 Å². The van der Waals surface area contributed by atoms with Crippen molar-refractivity contribution in [2.75, 3.05) is 6.61 Å². The Balaban J connectivity index is 1.42. The van der Waals surface area contributed by atoms with E-state index < -0.39 is 0 Å². The summed E-state index contributed by atoms with van der Waals surface area (Å²) in [5, 5.41) is 0. The summed E-state index contributed by atoms with van der Waals surface area (Å²) >= 11 is 0. The first-order chi connectivity index (χ1) is 11.0. The van der Waals surface area contributed by atoms with Crippen molar-refractivity contribution >= 4 is 0 Å². The van der Waals surface area contributed by atoms with Crippen molar-refractivity contribution in [3.8, 4) is 11.8 Å². The SMILES string of the molecule is CC1(C)CCc2cc(OC[C@H]3Cn4ccc(=O)nc4O3)ccc21. The number of nitrogens with zero attached hydrogens (tertiary/aromatic N) is 2. The van der Waals surface area contributed by atoms with Gasteiger partial charge in [-0.05, 0) is 41.5 Å². The first kappa shape index (κ1) is 14.3. The van der Waals surface area contributed by atoms with E-state index in [0.717, 1.165) is 12.2 Å². The summed E-state index contributed by atoms with van der Waals surface area (Å²) in [6, 6.07) is 8.18. The Labute approximate surface area is 134 Å². The van der Waals surface area contributed by atoms with E-state index >= 15 is 0 Å². The first-order valence-electron chi connectivity index (χ1n) is 8.02. The fraction of sp³-hybridized carbons (Fsp3) is 0.444. The van der Waals surface area contributed by atoms with Gasteiger partial charge in [0.25, 0.3) is 11.6 Å². The average Bonchev–Trinajstić information content (AvgIpc) is 3.05. The highest BCUT2D eigenvalue weighted by atomic mass is 16.6. The number of hydrogen-bond acceptors (Lipinski definition) is 4. The van der Waals surface area contributed by atoms with Gasteiger partial charge in [0, 0.05) is 12.3 Å². The molecule has 23 heavy (non-hydrogen) atoms. The molecule has 0 unspecified atom stereocenters. The number of benzene rings is 1. The standard InChI is InChI=1S/C18H20N2O3/c1-18(2)7-5-12-9-13(3-4-15(12)18)22-11-14-10-20-8-6-16(21)19-17(20)23-14/h3-4,6,8-9,14H,5,7,10-11H2,1-2H3/t14-/m1/s1. The molecule has 0 amide bonds. The predicted molar refractivity (Wildman–Crippen MR) is 86.2 cm³/mol. The molecule has 120 valence electrons. The number of rotatable bonds is 3. The zero-order chi connectivity index (χ0) is 16.0. The average molecular weight is 312 g/mol. The Morgan fingerprint density at radius 3 is 3.13 bits per heavy atom. The van der Waals surface area contributed by atoms with E-state index in [9.17, 15) is 4.79 Å². The summed E-state index contributed by atoms with van der Waals surface area (Å²) in [7, 11) is 0. The van der Waals surface area contributed by atoms with E-state index in [2.05, 4.69) is 31.0 Å². The van der Waals surface area contributed by atoms with Crippen LogP contribution in [0.1, 0.15) is 31.4 Å². The maximum atomic E-state index is 11.2. The van der Waals surface area contributed by atoms with Gasteiger partial charge >= 0.3 is 0 Å². The van der Waals surface area contributed by atoms with Crippen molar-refractivity contribution in [3.63, 3.8) is 0 Å². The third-order valence-electron chi connectivity index (χ3n) is 4.78. The van der Waals surface area contributed by atoms with Crippen LogP contribution in [0.25, 0.3) is 0 Å². The van der Waals surface area contributed by atoms with E-state index in [1.165, 1.54) is 23.6 Å². The van der Waals surface area contributed by atoms with E-state index in [4.69, 9.17) is 9.47 Å². The minimum Gasteiger partial charge on any atom is -0.490 e. The van der Waals surface area contributed by atoms with Gasteiger partial charge in [-0.25, -0.2) is 0 Å². The molecular formula is C18H20N2O3. The van der Waals surface area contributed by atoms with Gasteiger partial charge in [0.05, 0.1) is 6.54 Å². The molecule has 1 aliphatic heterocycles. The highest BCUT2D eigenvalue weighted by Gasteiger charge is 2.30. The molecule has 1 aromatic carbocycles. The molecule has 0 bridgehead atoms. The molecule has 5 nitrogen and oxygen atoms in total. The largest absolute Gasteiger partial charge is 0.490 e. The summed E-state index contributed by atoms with van der Waals surface area (Å²) in [5.41, 5.74) is 2.80. The molecule has 1 aromatic heterocycles. The van der Waals surface area contributed by atoms with Crippen LogP contribution in [0, 0.1) is 0 Å². The smallest absolute Gasteiger partial charge is 0.300 e. The molecule has 0 radical (unpaired) electrons. The second kappa shape index (κ2) is 5.11. The van der Waals surface area contributed by atoms with Crippen LogP contribution < -0.4 is 15.0 Å². The fourth-order valence-electron chi connectivity index (χ4n) is 3.44. The van der Waals surface area contributed by atoms with Gasteiger partial charge in [0.1, 0.15) is 12.4 Å². The highest BCUT2D eigenvalue weighted by molar-refractivity contribution is 5.43. The lowest BCUT2D eigenvalue weighted by atomic mass is 9.87. The van der Waals surface area contributed by atoms with Crippen molar-refractivity contribution in [2.45, 2.75) is 44.8 Å². The van der Waals surface area contributed by atoms with Crippen LogP contribution in [0.15, 0.2) is 35.3 Å². The number of aryl methyl sites for hydroxylation is 1. The van der Waals surface area contributed by atoms with Crippen LogP contribution in [-0.2, 0) is 18.4 Å². The van der Waals surface area contributed by atoms with E-state index in [-0.39, 0.29) is 17.1 Å². The van der Waals surface area contributed by atoms with Gasteiger partial charge < -0.3 is 9.47 Å². The topological polar surface area (TPSA) is 53.4 Å². The quantitative estimate of drug-likeness (QED) is 0.873. The van der Waals surface area contributed by atoms with Gasteiger partial charge in [-0.15, -0.1) is 0 Å². The maximum Gasteiger partial charge on any atom is 0.300 e. The van der Waals surface area contributed by atoms with Crippen molar-refractivity contribution in [2.24, 2.45) is 0 Å². The van der Waals surface area contributed by atoms with Gasteiger partial charge in [-0.1, -0.05) is 19.9 Å². The summed E-state index contributed by atoms with van der Waals surface area (Å²) in [6.07, 6.45) is 3.89. The summed E-state index contributed by atoms with van der Waals surface area (Å²) in [4.78, 5) is 15.1. The molecule has 0 N–H and O–H groups in total. The summed E-state index contributed by atoms with van der Waals surface area (Å²) in [6.45, 7) is 5.68. The Bertz CT molecular complexity index is 810. The Morgan fingerprint density at radius 2 is 2.26 bits per heavy atom. The molecule has 0 saturated heterocycles. The van der Waals surface area contributed by atoms with Crippen molar-refractivity contribution < 1.29 is 9.47 Å². The highest BCUT2D eigenvalue weighted by Crippen LogP contribution is 2.39. The number of aromatic nitrogens is 2. The molecule has 0 saturated carbocycles. The Hall–Kier alpha value is -2.30. The summed E-state index contributed by atoms with van der Waals surface area (Å²) in [5.74, 6) is 0.878. The molecule has 2 heterocycles. The Kier molecular flexibility index (Phi) is 3.18. The van der Waals surface area contributed by atoms with E-state index in [0.29, 0.717) is 19.2 Å². The molecule has 2 aromatic rings. The predicted octanol–water partition coefficient (Wildman–Crippen LogP) is 2.31. The third kappa shape index (κ3) is 2.60. The molecule has 5 heteroatoms. The van der Waals surface area contributed by atoms with E-state index in [1.54, 1.807) is 6.20 Å². The van der Waals surface area contributed by atoms with Gasteiger partial charge in [0.15, 0.2) is 6.10 Å². The zero-order valence-corrected chi connectivity index (χ0v) is 13.4. The summed E-state index contributed by atoms with van der Waals surface area (Å²) < 4.78 is 13.4. The first-order valence-corrected chi connectivity index (χ1v) is 8.02. The maximum absolute atomic E-state index is 11.2. The second-order valence-corrected chi connectivity index (χ2v) is 6.95. The van der Waals surface area contributed by atoms with Gasteiger partial charge in [-0.2, -0.15) is 4.98 Å². The van der Waals surface area contributed by atoms with Crippen LogP contribution in [0.2, 0.25) is 0 Å². The zero-order valence-electron chi connectivity index (χ0n) is 13.4. The molecule has 2 aliphatic rings. The molecule has 0 spiro atoms. The lowest BCUT2D eigenvalue weighted by Gasteiger charge is -2.19. The minimum absolute atomic E-state index is 0.117. The van der Waals surface area contributed by atoms with Crippen LogP contribution in [0.3, 0.4) is 0 Å². The van der Waals surface area contributed by atoms with Crippen molar-refractivity contribution in [1.29, 1.82) is 0 Å². The monoisotopic (exact) mass is 312 g/mol.